The van der Waals surface area contributed by atoms with Gasteiger partial charge < -0.3 is 9.80 Å². The normalized spacial score (nSPS) is 14.5. The average Bonchev–Trinajstić information content (AvgIpc) is 3.14. The molecule has 3 nitrogen and oxygen atoms in total. The monoisotopic (exact) mass is 325 g/mol. The molecule has 122 valence electrons. The van der Waals surface area contributed by atoms with Crippen molar-refractivity contribution in [1.82, 2.24) is 0 Å². The van der Waals surface area contributed by atoms with E-state index in [1.807, 2.05) is 24.3 Å². The number of hydrogen-bond acceptors (Lipinski definition) is 2. The van der Waals surface area contributed by atoms with Gasteiger partial charge in [0.25, 0.3) is 0 Å². The Kier molecular flexibility index (Phi) is 4.10. The van der Waals surface area contributed by atoms with Gasteiger partial charge in [-0.2, -0.15) is 0 Å². The lowest BCUT2D eigenvalue weighted by molar-refractivity contribution is 0.717. The van der Waals surface area contributed by atoms with E-state index in [2.05, 4.69) is 75.3 Å². The van der Waals surface area contributed by atoms with E-state index in [9.17, 15) is 0 Å². The first-order chi connectivity index (χ1) is 12.4. The molecule has 1 saturated heterocycles. The molecule has 0 radical (unpaired) electrons. The summed E-state index contributed by atoms with van der Waals surface area (Å²) < 4.78 is 0. The van der Waals surface area contributed by atoms with Gasteiger partial charge in [0.15, 0.2) is 5.69 Å². The van der Waals surface area contributed by atoms with Gasteiger partial charge in [0.2, 0.25) is 0 Å². The molecule has 4 rings (SSSR count). The Balaban J connectivity index is 1.76. The molecule has 0 saturated carbocycles. The van der Waals surface area contributed by atoms with Crippen LogP contribution in [0, 0.1) is 6.57 Å². The molecule has 1 heterocycles. The highest BCUT2D eigenvalue weighted by molar-refractivity contribution is 5.59. The van der Waals surface area contributed by atoms with Crippen molar-refractivity contribution in [3.63, 3.8) is 0 Å². The van der Waals surface area contributed by atoms with Crippen molar-refractivity contribution >= 4 is 17.1 Å². The van der Waals surface area contributed by atoms with E-state index in [0.717, 1.165) is 13.1 Å². The van der Waals surface area contributed by atoms with Crippen molar-refractivity contribution < 1.29 is 0 Å². The first-order valence-corrected chi connectivity index (χ1v) is 8.47. The summed E-state index contributed by atoms with van der Waals surface area (Å²) in [5.74, 6) is 0. The summed E-state index contributed by atoms with van der Waals surface area (Å²) in [5, 5.41) is 0. The third-order valence-corrected chi connectivity index (χ3v) is 4.67. The van der Waals surface area contributed by atoms with Crippen molar-refractivity contribution in [2.24, 2.45) is 0 Å². The molecule has 1 aliphatic heterocycles. The largest absolute Gasteiger partial charge is 0.346 e. The Morgan fingerprint density at radius 3 is 1.60 bits per heavy atom. The second-order valence-corrected chi connectivity index (χ2v) is 6.13. The molecule has 0 unspecified atom stereocenters. The minimum absolute atomic E-state index is 0.129. The van der Waals surface area contributed by atoms with Gasteiger partial charge in [-0.3, -0.25) is 0 Å². The molecule has 0 atom stereocenters. The summed E-state index contributed by atoms with van der Waals surface area (Å²) in [7, 11) is 0. The van der Waals surface area contributed by atoms with Gasteiger partial charge in [-0.25, -0.2) is 4.85 Å². The van der Waals surface area contributed by atoms with Crippen LogP contribution in [-0.4, -0.2) is 13.1 Å². The number of hydrogen-bond donors (Lipinski definition) is 0. The van der Waals surface area contributed by atoms with Crippen LogP contribution in [0.3, 0.4) is 0 Å². The second kappa shape index (κ2) is 6.70. The summed E-state index contributed by atoms with van der Waals surface area (Å²) in [6.07, 6.45) is 0.129. The van der Waals surface area contributed by atoms with E-state index in [1.165, 1.54) is 16.9 Å². The molecule has 3 aromatic carbocycles. The van der Waals surface area contributed by atoms with E-state index >= 15 is 0 Å². The number of anilines is 2. The highest BCUT2D eigenvalue weighted by Gasteiger charge is 2.33. The van der Waals surface area contributed by atoms with Gasteiger partial charge in [0, 0.05) is 24.5 Å². The Morgan fingerprint density at radius 2 is 1.16 bits per heavy atom. The highest BCUT2D eigenvalue weighted by atomic mass is 15.4. The minimum Gasteiger partial charge on any atom is -0.346 e. The molecule has 1 aliphatic rings. The maximum absolute atomic E-state index is 7.18. The van der Waals surface area contributed by atoms with Crippen molar-refractivity contribution in [1.29, 1.82) is 0 Å². The predicted molar refractivity (Wildman–Crippen MR) is 103 cm³/mol. The average molecular weight is 325 g/mol. The summed E-state index contributed by atoms with van der Waals surface area (Å²) in [4.78, 5) is 8.38. The van der Waals surface area contributed by atoms with Gasteiger partial charge in [-0.05, 0) is 29.8 Å². The van der Waals surface area contributed by atoms with Gasteiger partial charge >= 0.3 is 0 Å². The number of nitrogens with zero attached hydrogens (tertiary/aromatic N) is 3. The quantitative estimate of drug-likeness (QED) is 0.608. The Labute approximate surface area is 148 Å². The zero-order valence-corrected chi connectivity index (χ0v) is 13.9. The van der Waals surface area contributed by atoms with Crippen LogP contribution in [-0.2, 0) is 0 Å². The zero-order chi connectivity index (χ0) is 17.1. The fourth-order valence-electron chi connectivity index (χ4n) is 3.49. The lowest BCUT2D eigenvalue weighted by atomic mass is 10.1. The minimum atomic E-state index is 0.129. The fourth-order valence-corrected chi connectivity index (χ4v) is 3.49. The van der Waals surface area contributed by atoms with Crippen LogP contribution in [0.5, 0.6) is 0 Å². The van der Waals surface area contributed by atoms with Crippen LogP contribution in [0.25, 0.3) is 4.85 Å². The van der Waals surface area contributed by atoms with E-state index in [4.69, 9.17) is 6.57 Å². The first-order valence-electron chi connectivity index (χ1n) is 8.47. The van der Waals surface area contributed by atoms with Crippen LogP contribution in [0.1, 0.15) is 11.7 Å². The molecular weight excluding hydrogens is 306 g/mol. The van der Waals surface area contributed by atoms with E-state index < -0.39 is 0 Å². The summed E-state index contributed by atoms with van der Waals surface area (Å²) in [6, 6.07) is 29.1. The molecule has 0 aromatic heterocycles. The van der Waals surface area contributed by atoms with E-state index in [0.29, 0.717) is 5.69 Å². The van der Waals surface area contributed by atoms with Crippen LogP contribution in [0.15, 0.2) is 84.9 Å². The smallest absolute Gasteiger partial charge is 0.187 e. The summed E-state index contributed by atoms with van der Waals surface area (Å²) >= 11 is 0. The lowest BCUT2D eigenvalue weighted by Gasteiger charge is -2.33. The number of para-hydroxylation sites is 2. The van der Waals surface area contributed by atoms with Crippen molar-refractivity contribution in [3.05, 3.63) is 102 Å². The molecule has 0 amide bonds. The van der Waals surface area contributed by atoms with Crippen LogP contribution in [0.4, 0.5) is 17.1 Å². The van der Waals surface area contributed by atoms with Crippen LogP contribution >= 0.6 is 0 Å². The molecule has 3 aromatic rings. The van der Waals surface area contributed by atoms with E-state index in [-0.39, 0.29) is 6.17 Å². The third kappa shape index (κ3) is 2.95. The number of rotatable bonds is 3. The maximum atomic E-state index is 7.18. The molecule has 0 spiro atoms. The van der Waals surface area contributed by atoms with E-state index in [1.54, 1.807) is 0 Å². The Morgan fingerprint density at radius 1 is 0.680 bits per heavy atom. The van der Waals surface area contributed by atoms with Crippen LogP contribution < -0.4 is 9.80 Å². The fraction of sp³-hybridized carbons (Fsp3) is 0.136. The van der Waals surface area contributed by atoms with Gasteiger partial charge in [-0.15, -0.1) is 0 Å². The topological polar surface area (TPSA) is 10.8 Å². The predicted octanol–water partition coefficient (Wildman–Crippen LogP) is 5.26. The Hall–Kier alpha value is -3.25. The molecular formula is C22H19N3. The Bertz CT molecular complexity index is 819. The number of benzene rings is 3. The maximum Gasteiger partial charge on any atom is 0.187 e. The summed E-state index contributed by atoms with van der Waals surface area (Å²) in [6.45, 7) is 9.11. The summed E-state index contributed by atoms with van der Waals surface area (Å²) in [5.41, 5.74) is 4.33. The van der Waals surface area contributed by atoms with Crippen molar-refractivity contribution in [2.75, 3.05) is 22.9 Å². The van der Waals surface area contributed by atoms with Gasteiger partial charge in [0.05, 0.1) is 6.57 Å². The highest BCUT2D eigenvalue weighted by Crippen LogP contribution is 2.37. The van der Waals surface area contributed by atoms with Gasteiger partial charge in [-0.1, -0.05) is 60.7 Å². The molecule has 0 aliphatic carbocycles. The first kappa shape index (κ1) is 15.3. The molecule has 0 bridgehead atoms. The molecule has 25 heavy (non-hydrogen) atoms. The van der Waals surface area contributed by atoms with Gasteiger partial charge in [0.1, 0.15) is 6.17 Å². The lowest BCUT2D eigenvalue weighted by Crippen LogP contribution is -2.30. The van der Waals surface area contributed by atoms with Crippen molar-refractivity contribution in [2.45, 2.75) is 6.17 Å². The zero-order valence-electron chi connectivity index (χ0n) is 13.9. The van der Waals surface area contributed by atoms with Crippen LogP contribution in [0.2, 0.25) is 0 Å². The standard InChI is InChI=1S/C22H19N3/c1-23-19-14-12-18(13-15-19)22-24(20-8-4-2-5-9-20)16-17-25(22)21-10-6-3-7-11-21/h2-15,22H,16-17H2. The molecule has 0 N–H and O–H groups in total. The molecule has 1 fully saturated rings. The second-order valence-electron chi connectivity index (χ2n) is 6.13. The van der Waals surface area contributed by atoms with Crippen molar-refractivity contribution in [3.8, 4) is 0 Å². The SMILES string of the molecule is [C-]#[N+]c1ccc(C2N(c3ccccc3)CCN2c2ccccc2)cc1. The molecule has 3 heteroatoms. The third-order valence-electron chi connectivity index (χ3n) is 4.67.